The van der Waals surface area contributed by atoms with Gasteiger partial charge in [0.1, 0.15) is 6.10 Å². The molecule has 1 fully saturated rings. The van der Waals surface area contributed by atoms with Crippen LogP contribution in [0.25, 0.3) is 0 Å². The highest BCUT2D eigenvalue weighted by Gasteiger charge is 2.26. The molecule has 0 amide bonds. The monoisotopic (exact) mass is 247 g/mol. The van der Waals surface area contributed by atoms with E-state index in [4.69, 9.17) is 4.74 Å². The van der Waals surface area contributed by atoms with Crippen molar-refractivity contribution in [2.45, 2.75) is 26.4 Å². The molecule has 0 radical (unpaired) electrons. The molecule has 0 aromatic heterocycles. The Balaban J connectivity index is 2.10. The molecule has 1 heterocycles. The van der Waals surface area contributed by atoms with Gasteiger partial charge in [0.05, 0.1) is 6.61 Å². The van der Waals surface area contributed by atoms with E-state index in [0.29, 0.717) is 13.2 Å². The van der Waals surface area contributed by atoms with Gasteiger partial charge >= 0.3 is 0 Å². The maximum Gasteiger partial charge on any atom is 0.192 e. The van der Waals surface area contributed by atoms with E-state index in [1.807, 2.05) is 18.2 Å². The van der Waals surface area contributed by atoms with Crippen molar-refractivity contribution in [1.29, 1.82) is 0 Å². The van der Waals surface area contributed by atoms with Crippen LogP contribution in [0.5, 0.6) is 0 Å². The van der Waals surface area contributed by atoms with Crippen molar-refractivity contribution in [3.63, 3.8) is 0 Å². The fourth-order valence-electron chi connectivity index (χ4n) is 2.28. The normalized spacial score (nSPS) is 20.9. The average Bonchev–Trinajstić information content (AvgIpc) is 2.46. The maximum atomic E-state index is 12.4. The van der Waals surface area contributed by atoms with Gasteiger partial charge in [-0.15, -0.1) is 0 Å². The third-order valence-electron chi connectivity index (χ3n) is 3.51. The molecule has 1 unspecified atom stereocenters. The quantitative estimate of drug-likeness (QED) is 0.764. The number of likely N-dealkylation sites (N-methyl/N-ethyl adjacent to an activating group) is 1. The van der Waals surface area contributed by atoms with E-state index in [0.717, 1.165) is 25.1 Å². The second kappa shape index (κ2) is 6.12. The van der Waals surface area contributed by atoms with Gasteiger partial charge in [0.2, 0.25) is 0 Å². The molecular weight excluding hydrogens is 226 g/mol. The van der Waals surface area contributed by atoms with Gasteiger partial charge in [-0.2, -0.15) is 0 Å². The van der Waals surface area contributed by atoms with E-state index in [-0.39, 0.29) is 11.9 Å². The molecule has 2 rings (SSSR count). The molecule has 3 heteroatoms. The first kappa shape index (κ1) is 13.2. The Kier molecular flexibility index (Phi) is 4.50. The Morgan fingerprint density at radius 3 is 3.00 bits per heavy atom. The molecule has 0 N–H and O–H groups in total. The number of benzene rings is 1. The maximum absolute atomic E-state index is 12.4. The number of Topliss-reactive ketones (excluding diaryl/α,β-unsaturated/α-hetero) is 1. The number of ketones is 1. The Bertz CT molecular complexity index is 417. The summed E-state index contributed by atoms with van der Waals surface area (Å²) in [5.41, 5.74) is 1.97. The van der Waals surface area contributed by atoms with Crippen molar-refractivity contribution in [3.8, 4) is 0 Å². The molecule has 3 nitrogen and oxygen atoms in total. The van der Waals surface area contributed by atoms with Gasteiger partial charge in [0.25, 0.3) is 0 Å². The topological polar surface area (TPSA) is 29.5 Å². The number of hydrogen-bond donors (Lipinski definition) is 0. The zero-order valence-electron chi connectivity index (χ0n) is 11.2. The number of carbonyl (C=O) groups is 1. The predicted octanol–water partition coefficient (Wildman–Crippen LogP) is 2.15. The summed E-state index contributed by atoms with van der Waals surface area (Å²) in [5.74, 6) is 0.114. The van der Waals surface area contributed by atoms with E-state index in [9.17, 15) is 4.79 Å². The van der Waals surface area contributed by atoms with Gasteiger partial charge in [0.15, 0.2) is 5.78 Å². The molecule has 1 aliphatic heterocycles. The molecule has 1 aromatic rings. The van der Waals surface area contributed by atoms with Gasteiger partial charge in [-0.3, -0.25) is 9.69 Å². The predicted molar refractivity (Wildman–Crippen MR) is 72.0 cm³/mol. The molecular formula is C15H21NO2. The number of aryl methyl sites for hydroxylation is 1. The molecule has 0 bridgehead atoms. The van der Waals surface area contributed by atoms with E-state index in [1.54, 1.807) is 0 Å². The zero-order valence-corrected chi connectivity index (χ0v) is 11.2. The summed E-state index contributed by atoms with van der Waals surface area (Å²) < 4.78 is 5.61. The standard InChI is InChI=1S/C15H21NO2/c1-3-12-6-5-7-13(10-12)15(17)14-11-16(4-2)8-9-18-14/h5-7,10,14H,3-4,8-9,11H2,1-2H3. The molecule has 98 valence electrons. The number of morpholine rings is 1. The van der Waals surface area contributed by atoms with Crippen LogP contribution in [0.2, 0.25) is 0 Å². The summed E-state index contributed by atoms with van der Waals surface area (Å²) in [7, 11) is 0. The summed E-state index contributed by atoms with van der Waals surface area (Å²) in [4.78, 5) is 14.6. The van der Waals surface area contributed by atoms with Crippen molar-refractivity contribution in [2.75, 3.05) is 26.2 Å². The second-order valence-electron chi connectivity index (χ2n) is 4.67. The van der Waals surface area contributed by atoms with Crippen molar-refractivity contribution in [3.05, 3.63) is 35.4 Å². The second-order valence-corrected chi connectivity index (χ2v) is 4.67. The summed E-state index contributed by atoms with van der Waals surface area (Å²) in [6.07, 6.45) is 0.652. The molecule has 1 saturated heterocycles. The number of rotatable bonds is 4. The van der Waals surface area contributed by atoms with Gasteiger partial charge in [0, 0.05) is 18.7 Å². The molecule has 0 saturated carbocycles. The SMILES string of the molecule is CCc1cccc(C(=O)C2CN(CC)CCO2)c1. The van der Waals surface area contributed by atoms with Crippen LogP contribution in [0.1, 0.15) is 29.8 Å². The number of carbonyl (C=O) groups excluding carboxylic acids is 1. The lowest BCUT2D eigenvalue weighted by Gasteiger charge is -2.31. The van der Waals surface area contributed by atoms with Crippen LogP contribution in [-0.2, 0) is 11.2 Å². The molecule has 1 aliphatic rings. The minimum Gasteiger partial charge on any atom is -0.367 e. The largest absolute Gasteiger partial charge is 0.367 e. The molecule has 1 atom stereocenters. The van der Waals surface area contributed by atoms with Gasteiger partial charge in [-0.1, -0.05) is 32.0 Å². The van der Waals surface area contributed by atoms with Crippen molar-refractivity contribution < 1.29 is 9.53 Å². The van der Waals surface area contributed by atoms with Crippen molar-refractivity contribution in [1.82, 2.24) is 4.90 Å². The van der Waals surface area contributed by atoms with Crippen LogP contribution in [-0.4, -0.2) is 43.0 Å². The van der Waals surface area contributed by atoms with Gasteiger partial charge in [-0.25, -0.2) is 0 Å². The number of hydrogen-bond acceptors (Lipinski definition) is 3. The molecule has 1 aromatic carbocycles. The van der Waals surface area contributed by atoms with Gasteiger partial charge in [-0.05, 0) is 24.6 Å². The molecule has 18 heavy (non-hydrogen) atoms. The van der Waals surface area contributed by atoms with Crippen LogP contribution in [0.15, 0.2) is 24.3 Å². The average molecular weight is 247 g/mol. The van der Waals surface area contributed by atoms with E-state index >= 15 is 0 Å². The third-order valence-corrected chi connectivity index (χ3v) is 3.51. The fraction of sp³-hybridized carbons (Fsp3) is 0.533. The van der Waals surface area contributed by atoms with E-state index in [1.165, 1.54) is 5.56 Å². The van der Waals surface area contributed by atoms with Crippen LogP contribution < -0.4 is 0 Å². The van der Waals surface area contributed by atoms with Crippen molar-refractivity contribution >= 4 is 5.78 Å². The summed E-state index contributed by atoms with van der Waals surface area (Å²) in [6, 6.07) is 7.87. The Morgan fingerprint density at radius 2 is 2.28 bits per heavy atom. The Hall–Kier alpha value is -1.19. The summed E-state index contributed by atoms with van der Waals surface area (Å²) >= 11 is 0. The fourth-order valence-corrected chi connectivity index (χ4v) is 2.28. The van der Waals surface area contributed by atoms with E-state index in [2.05, 4.69) is 24.8 Å². The first-order valence-corrected chi connectivity index (χ1v) is 6.71. The number of ether oxygens (including phenoxy) is 1. The lowest BCUT2D eigenvalue weighted by Crippen LogP contribution is -2.45. The Labute approximate surface area is 109 Å². The van der Waals surface area contributed by atoms with Crippen LogP contribution in [0.3, 0.4) is 0 Å². The molecule has 0 aliphatic carbocycles. The molecule has 0 spiro atoms. The minimum atomic E-state index is -0.300. The smallest absolute Gasteiger partial charge is 0.192 e. The number of nitrogens with zero attached hydrogens (tertiary/aromatic N) is 1. The highest BCUT2D eigenvalue weighted by molar-refractivity contribution is 5.99. The minimum absolute atomic E-state index is 0.114. The Morgan fingerprint density at radius 1 is 1.44 bits per heavy atom. The van der Waals surface area contributed by atoms with E-state index < -0.39 is 0 Å². The van der Waals surface area contributed by atoms with Gasteiger partial charge < -0.3 is 4.74 Å². The summed E-state index contributed by atoms with van der Waals surface area (Å²) in [5, 5.41) is 0. The highest BCUT2D eigenvalue weighted by atomic mass is 16.5. The first-order chi connectivity index (χ1) is 8.74. The first-order valence-electron chi connectivity index (χ1n) is 6.71. The van der Waals surface area contributed by atoms with Crippen molar-refractivity contribution in [2.24, 2.45) is 0 Å². The van der Waals surface area contributed by atoms with Crippen LogP contribution in [0.4, 0.5) is 0 Å². The summed E-state index contributed by atoms with van der Waals surface area (Å²) in [6.45, 7) is 7.48. The zero-order chi connectivity index (χ0) is 13.0. The lowest BCUT2D eigenvalue weighted by atomic mass is 10.0. The lowest BCUT2D eigenvalue weighted by molar-refractivity contribution is -0.0148. The highest BCUT2D eigenvalue weighted by Crippen LogP contribution is 2.13. The van der Waals surface area contributed by atoms with Crippen LogP contribution in [0, 0.1) is 0 Å². The third kappa shape index (κ3) is 2.98. The van der Waals surface area contributed by atoms with Crippen LogP contribution >= 0.6 is 0 Å².